The quantitative estimate of drug-likeness (QED) is 0.684. The molecule has 0 radical (unpaired) electrons. The van der Waals surface area contributed by atoms with Crippen LogP contribution < -0.4 is 0 Å². The molecular weight excluding hydrogens is 313 g/mol. The Kier molecular flexibility index (Phi) is 4.57. The highest BCUT2D eigenvalue weighted by Gasteiger charge is 2.19. The predicted octanol–water partition coefficient (Wildman–Crippen LogP) is 4.63. The number of carbonyl (C=O) groups excluding carboxylic acids is 1. The fraction of sp³-hybridized carbons (Fsp3) is 0.167. The summed E-state index contributed by atoms with van der Waals surface area (Å²) in [6.07, 6.45) is 0. The average Bonchev–Trinajstić information content (AvgIpc) is 3.20. The number of thiophene rings is 1. The molecule has 0 bridgehead atoms. The normalized spacial score (nSPS) is 10.7. The number of amides is 1. The lowest BCUT2D eigenvalue weighted by atomic mass is 10.2. The maximum atomic E-state index is 13.1. The van der Waals surface area contributed by atoms with Crippen LogP contribution in [0.4, 0.5) is 4.39 Å². The number of nitrogens with zero attached hydrogens (tertiary/aromatic N) is 1. The van der Waals surface area contributed by atoms with Crippen LogP contribution in [0.5, 0.6) is 0 Å². The van der Waals surface area contributed by atoms with Crippen LogP contribution >= 0.6 is 11.3 Å². The maximum Gasteiger partial charge on any atom is 0.264 e. The molecule has 0 saturated carbocycles. The molecule has 0 aliphatic rings. The van der Waals surface area contributed by atoms with Crippen molar-refractivity contribution >= 4 is 17.2 Å². The van der Waals surface area contributed by atoms with Gasteiger partial charge in [0.1, 0.15) is 17.3 Å². The lowest BCUT2D eigenvalue weighted by molar-refractivity contribution is 0.0722. The zero-order valence-corrected chi connectivity index (χ0v) is 13.5. The minimum absolute atomic E-state index is 0.0571. The van der Waals surface area contributed by atoms with Crippen LogP contribution in [-0.4, -0.2) is 10.8 Å². The number of carbonyl (C=O) groups is 1. The van der Waals surface area contributed by atoms with E-state index in [9.17, 15) is 9.18 Å². The van der Waals surface area contributed by atoms with E-state index in [1.165, 1.54) is 23.5 Å². The fourth-order valence-electron chi connectivity index (χ4n) is 2.32. The van der Waals surface area contributed by atoms with Crippen molar-refractivity contribution in [1.29, 1.82) is 0 Å². The average molecular weight is 329 g/mol. The number of hydrogen-bond donors (Lipinski definition) is 0. The molecule has 2 heterocycles. The lowest BCUT2D eigenvalue weighted by Gasteiger charge is -2.21. The maximum absolute atomic E-state index is 13.1. The molecule has 118 valence electrons. The molecule has 0 saturated heterocycles. The van der Waals surface area contributed by atoms with E-state index in [2.05, 4.69) is 0 Å². The summed E-state index contributed by atoms with van der Waals surface area (Å²) in [5.41, 5.74) is 0.875. The zero-order valence-electron chi connectivity index (χ0n) is 12.7. The van der Waals surface area contributed by atoms with Crippen molar-refractivity contribution in [2.45, 2.75) is 20.0 Å². The third kappa shape index (κ3) is 3.87. The second kappa shape index (κ2) is 6.79. The number of furan rings is 1. The summed E-state index contributed by atoms with van der Waals surface area (Å²) in [5.74, 6) is 1.20. The summed E-state index contributed by atoms with van der Waals surface area (Å²) < 4.78 is 18.6. The Morgan fingerprint density at radius 3 is 2.52 bits per heavy atom. The second-order valence-corrected chi connectivity index (χ2v) is 6.23. The van der Waals surface area contributed by atoms with Gasteiger partial charge in [-0.2, -0.15) is 0 Å². The first kappa shape index (κ1) is 15.5. The monoisotopic (exact) mass is 329 g/mol. The Bertz CT molecular complexity index is 778. The zero-order chi connectivity index (χ0) is 16.2. The molecule has 0 aliphatic heterocycles. The first-order valence-electron chi connectivity index (χ1n) is 7.24. The van der Waals surface area contributed by atoms with Crippen molar-refractivity contribution in [1.82, 2.24) is 4.90 Å². The Hall–Kier alpha value is -2.40. The molecule has 0 N–H and O–H groups in total. The summed E-state index contributed by atoms with van der Waals surface area (Å²) in [5, 5.41) is 1.88. The first-order valence-corrected chi connectivity index (χ1v) is 8.12. The molecule has 23 heavy (non-hydrogen) atoms. The van der Waals surface area contributed by atoms with Crippen molar-refractivity contribution in [3.8, 4) is 0 Å². The molecule has 3 rings (SSSR count). The summed E-state index contributed by atoms with van der Waals surface area (Å²) in [6.45, 7) is 2.65. The Balaban J connectivity index is 1.83. The molecule has 0 aliphatic carbocycles. The van der Waals surface area contributed by atoms with E-state index in [0.29, 0.717) is 18.0 Å². The molecule has 3 nitrogen and oxygen atoms in total. The van der Waals surface area contributed by atoms with Gasteiger partial charge in [0.15, 0.2) is 0 Å². The van der Waals surface area contributed by atoms with Gasteiger partial charge in [-0.15, -0.1) is 11.3 Å². The summed E-state index contributed by atoms with van der Waals surface area (Å²) in [7, 11) is 0. The lowest BCUT2D eigenvalue weighted by Crippen LogP contribution is -2.29. The largest absolute Gasteiger partial charge is 0.464 e. The number of benzene rings is 1. The van der Waals surface area contributed by atoms with Crippen molar-refractivity contribution in [3.63, 3.8) is 0 Å². The van der Waals surface area contributed by atoms with Crippen LogP contribution in [0.1, 0.15) is 26.8 Å². The van der Waals surface area contributed by atoms with Crippen LogP contribution in [-0.2, 0) is 13.1 Å². The van der Waals surface area contributed by atoms with Crippen LogP contribution in [0, 0.1) is 12.7 Å². The molecule has 2 aromatic heterocycles. The van der Waals surface area contributed by atoms with E-state index in [4.69, 9.17) is 4.42 Å². The Labute approximate surface area is 138 Å². The minimum atomic E-state index is -0.286. The van der Waals surface area contributed by atoms with Gasteiger partial charge in [-0.3, -0.25) is 4.79 Å². The SMILES string of the molecule is Cc1ccc(CN(Cc2ccc(F)cc2)C(=O)c2cccs2)o1. The number of halogens is 1. The highest BCUT2D eigenvalue weighted by Crippen LogP contribution is 2.18. The van der Waals surface area contributed by atoms with Crippen LogP contribution in [0.25, 0.3) is 0 Å². The molecule has 0 atom stereocenters. The topological polar surface area (TPSA) is 33.5 Å². The smallest absolute Gasteiger partial charge is 0.264 e. The van der Waals surface area contributed by atoms with Crippen LogP contribution in [0.15, 0.2) is 58.3 Å². The Morgan fingerprint density at radius 2 is 1.91 bits per heavy atom. The molecule has 3 aromatic rings. The highest BCUT2D eigenvalue weighted by atomic mass is 32.1. The van der Waals surface area contributed by atoms with Gasteiger partial charge in [0.05, 0.1) is 11.4 Å². The predicted molar refractivity (Wildman–Crippen MR) is 87.7 cm³/mol. The highest BCUT2D eigenvalue weighted by molar-refractivity contribution is 7.12. The third-order valence-corrected chi connectivity index (χ3v) is 4.31. The van der Waals surface area contributed by atoms with E-state index >= 15 is 0 Å². The minimum Gasteiger partial charge on any atom is -0.464 e. The van der Waals surface area contributed by atoms with Gasteiger partial charge in [0, 0.05) is 6.54 Å². The molecular formula is C18H16FNO2S. The molecule has 5 heteroatoms. The van der Waals surface area contributed by atoms with Gasteiger partial charge in [-0.25, -0.2) is 4.39 Å². The van der Waals surface area contributed by atoms with Gasteiger partial charge in [0.25, 0.3) is 5.91 Å². The van der Waals surface area contributed by atoms with E-state index < -0.39 is 0 Å². The van der Waals surface area contributed by atoms with Gasteiger partial charge in [-0.1, -0.05) is 18.2 Å². The van der Waals surface area contributed by atoms with Gasteiger partial charge in [0.2, 0.25) is 0 Å². The second-order valence-electron chi connectivity index (χ2n) is 5.28. The number of aryl methyl sites for hydroxylation is 1. The van der Waals surface area contributed by atoms with E-state index in [1.807, 2.05) is 30.5 Å². The van der Waals surface area contributed by atoms with Crippen molar-refractivity contribution in [2.24, 2.45) is 0 Å². The fourth-order valence-corrected chi connectivity index (χ4v) is 3.01. The van der Waals surface area contributed by atoms with Gasteiger partial charge in [-0.05, 0) is 48.2 Å². The molecule has 0 fully saturated rings. The summed E-state index contributed by atoms with van der Waals surface area (Å²) in [4.78, 5) is 15.1. The number of hydrogen-bond acceptors (Lipinski definition) is 3. The van der Waals surface area contributed by atoms with E-state index in [0.717, 1.165) is 17.1 Å². The van der Waals surface area contributed by atoms with E-state index in [-0.39, 0.29) is 11.7 Å². The van der Waals surface area contributed by atoms with E-state index in [1.54, 1.807) is 23.1 Å². The first-order chi connectivity index (χ1) is 11.1. The van der Waals surface area contributed by atoms with Gasteiger partial charge >= 0.3 is 0 Å². The number of rotatable bonds is 5. The Morgan fingerprint density at radius 1 is 1.13 bits per heavy atom. The summed E-state index contributed by atoms with van der Waals surface area (Å²) >= 11 is 1.41. The molecule has 1 amide bonds. The molecule has 0 spiro atoms. The van der Waals surface area contributed by atoms with Crippen LogP contribution in [0.2, 0.25) is 0 Å². The summed E-state index contributed by atoms with van der Waals surface area (Å²) in [6, 6.07) is 13.6. The molecule has 1 aromatic carbocycles. The van der Waals surface area contributed by atoms with Crippen molar-refractivity contribution in [3.05, 3.63) is 81.7 Å². The van der Waals surface area contributed by atoms with Gasteiger partial charge < -0.3 is 9.32 Å². The molecule has 0 unspecified atom stereocenters. The van der Waals surface area contributed by atoms with Crippen LogP contribution in [0.3, 0.4) is 0 Å². The standard InChI is InChI=1S/C18H16FNO2S/c1-13-4-9-16(22-13)12-20(18(21)17-3-2-10-23-17)11-14-5-7-15(19)8-6-14/h2-10H,11-12H2,1H3. The van der Waals surface area contributed by atoms with Crippen molar-refractivity contribution in [2.75, 3.05) is 0 Å². The van der Waals surface area contributed by atoms with Crippen molar-refractivity contribution < 1.29 is 13.6 Å². The third-order valence-electron chi connectivity index (χ3n) is 3.45.